The Morgan fingerprint density at radius 2 is 1.71 bits per heavy atom. The van der Waals surface area contributed by atoms with Gasteiger partial charge in [-0.1, -0.05) is 19.3 Å². The number of rotatable bonds is 4. The van der Waals surface area contributed by atoms with E-state index < -0.39 is 5.97 Å². The number of carboxylic acid groups (broad SMARTS) is 1. The lowest BCUT2D eigenvalue weighted by molar-refractivity contribution is -0.137. The topological polar surface area (TPSA) is 43.8 Å². The minimum absolute atomic E-state index is 0.281. The predicted molar refractivity (Wildman–Crippen MR) is 67.1 cm³/mol. The van der Waals surface area contributed by atoms with Gasteiger partial charge in [0.2, 0.25) is 0 Å². The van der Waals surface area contributed by atoms with Crippen LogP contribution in [0.4, 0.5) is 0 Å². The molecule has 2 rings (SSSR count). The zero-order valence-electron chi connectivity index (χ0n) is 10.6. The van der Waals surface area contributed by atoms with Crippen molar-refractivity contribution in [2.45, 2.75) is 44.6 Å². The number of carboxylic acids is 1. The second-order valence-electron chi connectivity index (χ2n) is 5.31. The fourth-order valence-electron chi connectivity index (χ4n) is 3.05. The molecule has 17 heavy (non-hydrogen) atoms. The molecule has 0 aromatic heterocycles. The molecule has 0 radical (unpaired) electrons. The van der Waals surface area contributed by atoms with E-state index >= 15 is 0 Å². The van der Waals surface area contributed by atoms with Gasteiger partial charge in [0.05, 0.1) is 6.42 Å². The van der Waals surface area contributed by atoms with E-state index in [2.05, 4.69) is 9.80 Å². The van der Waals surface area contributed by atoms with Crippen LogP contribution in [0.2, 0.25) is 0 Å². The summed E-state index contributed by atoms with van der Waals surface area (Å²) in [6.07, 6.45) is 7.22. The van der Waals surface area contributed by atoms with Crippen LogP contribution in [0.1, 0.15) is 38.5 Å². The molecule has 0 unspecified atom stereocenters. The Balaban J connectivity index is 1.68. The van der Waals surface area contributed by atoms with Gasteiger partial charge in [-0.15, -0.1) is 0 Å². The predicted octanol–water partition coefficient (Wildman–Crippen LogP) is 1.41. The fraction of sp³-hybridized carbons (Fsp3) is 0.923. The van der Waals surface area contributed by atoms with Crippen molar-refractivity contribution in [1.29, 1.82) is 0 Å². The summed E-state index contributed by atoms with van der Waals surface area (Å²) < 4.78 is 0. The third-order valence-electron chi connectivity index (χ3n) is 4.14. The first-order valence-corrected chi connectivity index (χ1v) is 6.94. The second-order valence-corrected chi connectivity index (χ2v) is 5.31. The molecular weight excluding hydrogens is 216 g/mol. The van der Waals surface area contributed by atoms with Crippen LogP contribution in [0.25, 0.3) is 0 Å². The maximum absolute atomic E-state index is 10.5. The van der Waals surface area contributed by atoms with Crippen LogP contribution in [-0.4, -0.2) is 59.6 Å². The zero-order valence-corrected chi connectivity index (χ0v) is 10.6. The molecular formula is C13H24N2O2. The van der Waals surface area contributed by atoms with E-state index in [1.54, 1.807) is 0 Å². The monoisotopic (exact) mass is 240 g/mol. The lowest BCUT2D eigenvalue weighted by Crippen LogP contribution is -2.51. The SMILES string of the molecule is O=C(O)CCN1CCN(C2CCCCC2)CC1. The largest absolute Gasteiger partial charge is 0.481 e. The molecule has 0 atom stereocenters. The van der Waals surface area contributed by atoms with Gasteiger partial charge in [0, 0.05) is 38.8 Å². The molecule has 0 bridgehead atoms. The maximum atomic E-state index is 10.5. The number of hydrogen-bond donors (Lipinski definition) is 1. The molecule has 1 N–H and O–H groups in total. The van der Waals surface area contributed by atoms with E-state index in [9.17, 15) is 4.79 Å². The first kappa shape index (κ1) is 12.8. The minimum Gasteiger partial charge on any atom is -0.481 e. The highest BCUT2D eigenvalue weighted by Crippen LogP contribution is 2.23. The summed E-state index contributed by atoms with van der Waals surface area (Å²) in [5.41, 5.74) is 0. The molecule has 0 aromatic rings. The molecule has 1 saturated carbocycles. The molecule has 4 nitrogen and oxygen atoms in total. The fourth-order valence-corrected chi connectivity index (χ4v) is 3.05. The number of piperazine rings is 1. The molecule has 1 aliphatic heterocycles. The lowest BCUT2D eigenvalue weighted by atomic mass is 9.94. The van der Waals surface area contributed by atoms with Crippen LogP contribution < -0.4 is 0 Å². The second kappa shape index (κ2) is 6.36. The van der Waals surface area contributed by atoms with Gasteiger partial charge < -0.3 is 10.0 Å². The normalized spacial score (nSPS) is 24.9. The molecule has 1 saturated heterocycles. The van der Waals surface area contributed by atoms with Crippen molar-refractivity contribution < 1.29 is 9.90 Å². The minimum atomic E-state index is -0.681. The molecule has 4 heteroatoms. The molecule has 1 heterocycles. The Bertz CT molecular complexity index is 244. The van der Waals surface area contributed by atoms with Crippen LogP contribution >= 0.6 is 0 Å². The summed E-state index contributed by atoms with van der Waals surface area (Å²) in [4.78, 5) is 15.4. The summed E-state index contributed by atoms with van der Waals surface area (Å²) >= 11 is 0. The smallest absolute Gasteiger partial charge is 0.304 e. The standard InChI is InChI=1S/C13H24N2O2/c16-13(17)6-7-14-8-10-15(11-9-14)12-4-2-1-3-5-12/h12H,1-11H2,(H,16,17). The van der Waals surface area contributed by atoms with E-state index in [-0.39, 0.29) is 6.42 Å². The molecule has 0 spiro atoms. The quantitative estimate of drug-likeness (QED) is 0.807. The van der Waals surface area contributed by atoms with Crippen molar-refractivity contribution in [2.75, 3.05) is 32.7 Å². The number of nitrogens with zero attached hydrogens (tertiary/aromatic N) is 2. The van der Waals surface area contributed by atoms with Crippen molar-refractivity contribution in [3.8, 4) is 0 Å². The van der Waals surface area contributed by atoms with Crippen LogP contribution in [0.5, 0.6) is 0 Å². The molecule has 0 aromatic carbocycles. The Morgan fingerprint density at radius 3 is 2.29 bits per heavy atom. The zero-order chi connectivity index (χ0) is 12.1. The van der Waals surface area contributed by atoms with Crippen molar-refractivity contribution in [3.05, 3.63) is 0 Å². The highest BCUT2D eigenvalue weighted by atomic mass is 16.4. The summed E-state index contributed by atoms with van der Waals surface area (Å²) in [6, 6.07) is 0.811. The Kier molecular flexibility index (Phi) is 4.80. The van der Waals surface area contributed by atoms with E-state index in [4.69, 9.17) is 5.11 Å². The Morgan fingerprint density at radius 1 is 1.06 bits per heavy atom. The van der Waals surface area contributed by atoms with Crippen molar-refractivity contribution >= 4 is 5.97 Å². The van der Waals surface area contributed by atoms with Crippen LogP contribution in [0, 0.1) is 0 Å². The summed E-state index contributed by atoms with van der Waals surface area (Å²) in [7, 11) is 0. The van der Waals surface area contributed by atoms with Crippen LogP contribution in [0.3, 0.4) is 0 Å². The summed E-state index contributed by atoms with van der Waals surface area (Å²) in [5, 5.41) is 8.66. The van der Waals surface area contributed by atoms with Crippen LogP contribution in [0.15, 0.2) is 0 Å². The maximum Gasteiger partial charge on any atom is 0.304 e. The lowest BCUT2D eigenvalue weighted by Gasteiger charge is -2.40. The van der Waals surface area contributed by atoms with E-state index in [1.165, 1.54) is 32.1 Å². The van der Waals surface area contributed by atoms with Gasteiger partial charge in [-0.3, -0.25) is 9.69 Å². The average Bonchev–Trinajstić information content (AvgIpc) is 2.38. The third-order valence-corrected chi connectivity index (χ3v) is 4.14. The van der Waals surface area contributed by atoms with E-state index in [0.29, 0.717) is 6.54 Å². The van der Waals surface area contributed by atoms with Crippen molar-refractivity contribution in [1.82, 2.24) is 9.80 Å². The summed E-state index contributed by atoms with van der Waals surface area (Å²) in [5.74, 6) is -0.681. The molecule has 2 fully saturated rings. The highest BCUT2D eigenvalue weighted by molar-refractivity contribution is 5.66. The van der Waals surface area contributed by atoms with E-state index in [1.807, 2.05) is 0 Å². The average molecular weight is 240 g/mol. The first-order valence-electron chi connectivity index (χ1n) is 6.94. The van der Waals surface area contributed by atoms with Gasteiger partial charge in [-0.05, 0) is 12.8 Å². The Labute approximate surface area is 104 Å². The first-order chi connectivity index (χ1) is 8.25. The van der Waals surface area contributed by atoms with Gasteiger partial charge in [0.25, 0.3) is 0 Å². The Hall–Kier alpha value is -0.610. The number of hydrogen-bond acceptors (Lipinski definition) is 3. The summed E-state index contributed by atoms with van der Waals surface area (Å²) in [6.45, 7) is 5.07. The van der Waals surface area contributed by atoms with Crippen molar-refractivity contribution in [2.24, 2.45) is 0 Å². The van der Waals surface area contributed by atoms with Gasteiger partial charge in [-0.2, -0.15) is 0 Å². The highest BCUT2D eigenvalue weighted by Gasteiger charge is 2.24. The third kappa shape index (κ3) is 3.96. The number of carbonyl (C=O) groups is 1. The number of aliphatic carboxylic acids is 1. The van der Waals surface area contributed by atoms with Gasteiger partial charge in [-0.25, -0.2) is 0 Å². The van der Waals surface area contributed by atoms with E-state index in [0.717, 1.165) is 32.2 Å². The molecule has 1 aliphatic carbocycles. The van der Waals surface area contributed by atoms with Crippen molar-refractivity contribution in [3.63, 3.8) is 0 Å². The van der Waals surface area contributed by atoms with Gasteiger partial charge >= 0.3 is 5.97 Å². The molecule has 0 amide bonds. The molecule has 98 valence electrons. The van der Waals surface area contributed by atoms with Gasteiger partial charge in [0.1, 0.15) is 0 Å². The molecule has 2 aliphatic rings. The van der Waals surface area contributed by atoms with Crippen LogP contribution in [-0.2, 0) is 4.79 Å². The van der Waals surface area contributed by atoms with Gasteiger partial charge in [0.15, 0.2) is 0 Å².